The van der Waals surface area contributed by atoms with Crippen LogP contribution >= 0.6 is 11.6 Å². The third kappa shape index (κ3) is 8.32. The number of unbranched alkanes of at least 4 members (excludes halogenated alkanes) is 3. The fourth-order valence-corrected chi connectivity index (χ4v) is 4.35. The quantitative estimate of drug-likeness (QED) is 0.264. The largest absolute Gasteiger partial charge is 0.493 e. The maximum atomic E-state index is 8.92. The van der Waals surface area contributed by atoms with Crippen LogP contribution in [0.15, 0.2) is 36.7 Å². The highest BCUT2D eigenvalue weighted by molar-refractivity contribution is 6.35. The maximum Gasteiger partial charge on any atom is 0.163 e. The first kappa shape index (κ1) is 28.8. The molecular formula is C28H42ClN3O3. The molecule has 7 heteroatoms. The Labute approximate surface area is 215 Å². The van der Waals surface area contributed by atoms with Crippen LogP contribution in [0.25, 0.3) is 11.0 Å². The number of pyridine rings is 1. The van der Waals surface area contributed by atoms with Gasteiger partial charge in [-0.3, -0.25) is 0 Å². The number of nitrogens with zero attached hydrogens (tertiary/aromatic N) is 3. The summed E-state index contributed by atoms with van der Waals surface area (Å²) in [6.45, 7) is 9.32. The predicted molar refractivity (Wildman–Crippen MR) is 147 cm³/mol. The molecule has 0 aliphatic heterocycles. The molecule has 3 rings (SSSR count). The first-order valence-electron chi connectivity index (χ1n) is 12.8. The minimum Gasteiger partial charge on any atom is -0.493 e. The molecule has 194 valence electrons. The van der Waals surface area contributed by atoms with E-state index in [9.17, 15) is 0 Å². The van der Waals surface area contributed by atoms with Crippen molar-refractivity contribution in [1.29, 1.82) is 0 Å². The second kappa shape index (κ2) is 15.5. The second-order valence-corrected chi connectivity index (χ2v) is 8.92. The van der Waals surface area contributed by atoms with E-state index in [1.165, 1.54) is 18.4 Å². The highest BCUT2D eigenvalue weighted by Gasteiger charge is 2.11. The number of hydrogen-bond acceptors (Lipinski definition) is 5. The molecule has 0 saturated heterocycles. The molecule has 0 atom stereocenters. The van der Waals surface area contributed by atoms with Crippen LogP contribution in [0.2, 0.25) is 5.02 Å². The number of hydrogen-bond donors (Lipinski definition) is 1. The van der Waals surface area contributed by atoms with Gasteiger partial charge in [-0.05, 0) is 56.4 Å². The summed E-state index contributed by atoms with van der Waals surface area (Å²) >= 11 is 6.10. The Morgan fingerprint density at radius 3 is 2.51 bits per heavy atom. The van der Waals surface area contributed by atoms with Crippen LogP contribution < -0.4 is 14.4 Å². The molecule has 0 amide bonds. The fraction of sp³-hybridized carbons (Fsp3) is 0.536. The zero-order valence-electron chi connectivity index (χ0n) is 22.0. The van der Waals surface area contributed by atoms with E-state index in [0.717, 1.165) is 78.6 Å². The molecule has 0 aliphatic rings. The number of aliphatic hydroxyl groups excluding tert-OH is 1. The summed E-state index contributed by atoms with van der Waals surface area (Å²) in [5, 5.41) is 10.8. The number of halogens is 1. The molecule has 2 heterocycles. The third-order valence-electron chi connectivity index (χ3n) is 6.01. The molecule has 1 N–H and O–H groups in total. The molecular weight excluding hydrogens is 462 g/mol. The topological polar surface area (TPSA) is 59.8 Å². The Hall–Kier alpha value is -2.44. The lowest BCUT2D eigenvalue weighted by Gasteiger charge is -2.24. The zero-order valence-corrected chi connectivity index (χ0v) is 22.8. The van der Waals surface area contributed by atoms with Gasteiger partial charge in [-0.2, -0.15) is 0 Å². The maximum absolute atomic E-state index is 8.92. The van der Waals surface area contributed by atoms with Crippen LogP contribution in [0.5, 0.6) is 11.5 Å². The summed E-state index contributed by atoms with van der Waals surface area (Å²) < 4.78 is 13.2. The number of methoxy groups -OCH3 is 1. The molecule has 0 bridgehead atoms. The van der Waals surface area contributed by atoms with Crippen molar-refractivity contribution in [3.05, 3.63) is 47.2 Å². The van der Waals surface area contributed by atoms with Gasteiger partial charge < -0.3 is 24.0 Å². The number of aryl methyl sites for hydroxylation is 2. The van der Waals surface area contributed by atoms with E-state index in [1.807, 2.05) is 36.1 Å². The molecule has 0 fully saturated rings. The van der Waals surface area contributed by atoms with Gasteiger partial charge in [0, 0.05) is 56.3 Å². The molecule has 0 aliphatic carbocycles. The van der Waals surface area contributed by atoms with E-state index in [1.54, 1.807) is 7.11 Å². The van der Waals surface area contributed by atoms with Crippen LogP contribution in [-0.2, 0) is 13.5 Å². The zero-order chi connectivity index (χ0) is 25.6. The Balaban J connectivity index is 0.000000279. The van der Waals surface area contributed by atoms with Crippen molar-refractivity contribution in [3.8, 4) is 11.5 Å². The molecule has 35 heavy (non-hydrogen) atoms. The van der Waals surface area contributed by atoms with E-state index < -0.39 is 0 Å². The molecule has 1 aromatic carbocycles. The summed E-state index contributed by atoms with van der Waals surface area (Å²) in [4.78, 5) is 6.59. The first-order chi connectivity index (χ1) is 17.0. The fourth-order valence-electron chi connectivity index (χ4n) is 4.00. The number of aromatic nitrogens is 2. The molecule has 2 aromatic heterocycles. The van der Waals surface area contributed by atoms with Gasteiger partial charge in [0.25, 0.3) is 0 Å². The summed E-state index contributed by atoms with van der Waals surface area (Å²) in [6, 6.07) is 8.13. The molecule has 0 unspecified atom stereocenters. The highest BCUT2D eigenvalue weighted by atomic mass is 35.5. The number of aliphatic hydroxyl groups is 1. The van der Waals surface area contributed by atoms with E-state index >= 15 is 0 Å². The van der Waals surface area contributed by atoms with Gasteiger partial charge in [0.1, 0.15) is 5.65 Å². The summed E-state index contributed by atoms with van der Waals surface area (Å²) in [7, 11) is 3.63. The van der Waals surface area contributed by atoms with Crippen molar-refractivity contribution in [2.45, 2.75) is 59.3 Å². The van der Waals surface area contributed by atoms with Crippen LogP contribution in [0.1, 0.15) is 58.4 Å². The first-order valence-corrected chi connectivity index (χ1v) is 13.1. The van der Waals surface area contributed by atoms with E-state index in [2.05, 4.69) is 42.8 Å². The van der Waals surface area contributed by atoms with Crippen molar-refractivity contribution in [2.75, 3.05) is 38.3 Å². The molecule has 3 aromatic rings. The van der Waals surface area contributed by atoms with Crippen LogP contribution in [0.4, 0.5) is 5.69 Å². The van der Waals surface area contributed by atoms with Gasteiger partial charge in [0.2, 0.25) is 0 Å². The Kier molecular flexibility index (Phi) is 12.8. The van der Waals surface area contributed by atoms with Gasteiger partial charge in [-0.25, -0.2) is 4.98 Å². The van der Waals surface area contributed by atoms with Crippen molar-refractivity contribution < 1.29 is 14.6 Å². The Morgan fingerprint density at radius 2 is 1.86 bits per heavy atom. The van der Waals surface area contributed by atoms with Crippen LogP contribution in [-0.4, -0.2) is 48.1 Å². The summed E-state index contributed by atoms with van der Waals surface area (Å²) in [5.41, 5.74) is 3.37. The van der Waals surface area contributed by atoms with Gasteiger partial charge in [-0.15, -0.1) is 0 Å². The van der Waals surface area contributed by atoms with Crippen molar-refractivity contribution >= 4 is 28.3 Å². The minimum absolute atomic E-state index is 0.256. The standard InChI is InChI=1S/C18H31NO3.C10H11ClN2/c1-4-6-9-14-22-18-15-16(10-11-17(18)21-3)19(5-2)12-7-8-13-20;1-3-7-4-5-12-10-9(7)8(11)6-13(10)2/h10-11,15,20H,4-9,12-14H2,1-3H3;4-6H,3H2,1-2H3. The third-order valence-corrected chi connectivity index (χ3v) is 6.30. The van der Waals surface area contributed by atoms with E-state index in [-0.39, 0.29) is 6.61 Å². The molecule has 0 spiro atoms. The number of anilines is 1. The lowest BCUT2D eigenvalue weighted by molar-refractivity contribution is 0.284. The summed E-state index contributed by atoms with van der Waals surface area (Å²) in [5.74, 6) is 1.60. The van der Waals surface area contributed by atoms with E-state index in [0.29, 0.717) is 0 Å². The van der Waals surface area contributed by atoms with Gasteiger partial charge in [0.05, 0.1) is 18.7 Å². The average Bonchev–Trinajstić information content (AvgIpc) is 3.18. The normalized spacial score (nSPS) is 10.7. The number of ether oxygens (including phenoxy) is 2. The Bertz CT molecular complexity index is 1020. The lowest BCUT2D eigenvalue weighted by Crippen LogP contribution is -2.24. The van der Waals surface area contributed by atoms with Crippen LogP contribution in [0, 0.1) is 0 Å². The predicted octanol–water partition coefficient (Wildman–Crippen LogP) is 6.65. The molecule has 6 nitrogen and oxygen atoms in total. The van der Waals surface area contributed by atoms with E-state index in [4.69, 9.17) is 26.2 Å². The lowest BCUT2D eigenvalue weighted by atomic mass is 10.1. The second-order valence-electron chi connectivity index (χ2n) is 8.51. The number of rotatable bonds is 13. The van der Waals surface area contributed by atoms with Crippen molar-refractivity contribution in [3.63, 3.8) is 0 Å². The van der Waals surface area contributed by atoms with Crippen molar-refractivity contribution in [1.82, 2.24) is 9.55 Å². The van der Waals surface area contributed by atoms with Crippen molar-refractivity contribution in [2.24, 2.45) is 7.05 Å². The number of fused-ring (bicyclic) bond motifs is 1. The smallest absolute Gasteiger partial charge is 0.163 e. The monoisotopic (exact) mass is 503 g/mol. The molecule has 0 saturated carbocycles. The SMILES string of the molecule is CCCCCOc1cc(N(CC)CCCCO)ccc1OC.CCc1ccnc2c1c(Cl)cn2C. The molecule has 0 radical (unpaired) electrons. The van der Waals surface area contributed by atoms with Gasteiger partial charge in [-0.1, -0.05) is 38.3 Å². The minimum atomic E-state index is 0.256. The summed E-state index contributed by atoms with van der Waals surface area (Å²) in [6.07, 6.45) is 9.99. The Morgan fingerprint density at radius 1 is 1.06 bits per heavy atom. The van der Waals surface area contributed by atoms with Gasteiger partial charge in [0.15, 0.2) is 11.5 Å². The van der Waals surface area contributed by atoms with Gasteiger partial charge >= 0.3 is 0 Å². The number of benzene rings is 1. The average molecular weight is 504 g/mol. The van der Waals surface area contributed by atoms with Crippen LogP contribution in [0.3, 0.4) is 0 Å². The highest BCUT2D eigenvalue weighted by Crippen LogP contribution is 2.32.